The second kappa shape index (κ2) is 7.59. The molecule has 7 heteroatoms. The van der Waals surface area contributed by atoms with E-state index in [1.807, 2.05) is 36.4 Å². The monoisotopic (exact) mass is 384 g/mol. The van der Waals surface area contributed by atoms with Crippen LogP contribution in [0.2, 0.25) is 0 Å². The number of likely N-dealkylation sites (tertiary alicyclic amines) is 1. The van der Waals surface area contributed by atoms with Gasteiger partial charge < -0.3 is 29.2 Å². The number of methoxy groups -OCH3 is 2. The molecule has 28 heavy (non-hydrogen) atoms. The lowest BCUT2D eigenvalue weighted by Gasteiger charge is -2.44. The summed E-state index contributed by atoms with van der Waals surface area (Å²) in [5.74, 6) is 1.44. The molecule has 0 radical (unpaired) electrons. The van der Waals surface area contributed by atoms with Crippen molar-refractivity contribution >= 4 is 11.7 Å². The summed E-state index contributed by atoms with van der Waals surface area (Å²) in [6.45, 7) is 1.56. The number of urea groups is 1. The lowest BCUT2D eigenvalue weighted by Crippen LogP contribution is -2.53. The van der Waals surface area contributed by atoms with Crippen molar-refractivity contribution in [1.29, 1.82) is 0 Å². The van der Waals surface area contributed by atoms with Gasteiger partial charge in [-0.25, -0.2) is 4.79 Å². The molecule has 2 aromatic rings. The van der Waals surface area contributed by atoms with Crippen molar-refractivity contribution in [3.63, 3.8) is 0 Å². The number of carbonyl (C=O) groups is 1. The van der Waals surface area contributed by atoms with E-state index in [1.165, 1.54) is 0 Å². The van der Waals surface area contributed by atoms with Crippen LogP contribution in [-0.4, -0.2) is 44.0 Å². The van der Waals surface area contributed by atoms with Gasteiger partial charge >= 0.3 is 6.03 Å². The van der Waals surface area contributed by atoms with Crippen LogP contribution in [0.5, 0.6) is 17.2 Å². The maximum Gasteiger partial charge on any atom is 0.321 e. The van der Waals surface area contributed by atoms with Crippen LogP contribution in [0.25, 0.3) is 0 Å². The second-order valence-corrected chi connectivity index (χ2v) is 6.90. The number of hydrogen-bond donors (Lipinski definition) is 1. The first-order chi connectivity index (χ1) is 13.6. The number of benzene rings is 2. The number of amides is 2. The van der Waals surface area contributed by atoms with Crippen LogP contribution in [0.4, 0.5) is 10.5 Å². The molecule has 2 aromatic carbocycles. The average molecular weight is 384 g/mol. The molecule has 2 aliphatic rings. The molecule has 0 saturated carbocycles. The third kappa shape index (κ3) is 3.57. The molecule has 1 spiro atoms. The van der Waals surface area contributed by atoms with Crippen LogP contribution in [0, 0.1) is 0 Å². The molecule has 2 heterocycles. The van der Waals surface area contributed by atoms with Gasteiger partial charge in [0.05, 0.1) is 20.8 Å². The van der Waals surface area contributed by atoms with E-state index in [0.717, 1.165) is 11.3 Å². The topological polar surface area (TPSA) is 69.3 Å². The second-order valence-electron chi connectivity index (χ2n) is 6.90. The highest BCUT2D eigenvalue weighted by molar-refractivity contribution is 5.89. The first-order valence-corrected chi connectivity index (χ1v) is 9.31. The summed E-state index contributed by atoms with van der Waals surface area (Å²) >= 11 is 0. The number of nitrogens with zero attached hydrogens (tertiary/aromatic N) is 1. The summed E-state index contributed by atoms with van der Waals surface area (Å²) in [5, 5.41) is 2.92. The number of nitrogens with one attached hydrogen (secondary N) is 1. The van der Waals surface area contributed by atoms with E-state index in [2.05, 4.69) is 5.32 Å². The van der Waals surface area contributed by atoms with Gasteiger partial charge in [0.15, 0.2) is 11.5 Å². The van der Waals surface area contributed by atoms with E-state index in [1.54, 1.807) is 25.2 Å². The summed E-state index contributed by atoms with van der Waals surface area (Å²) in [4.78, 5) is 14.4. The molecule has 0 atom stereocenters. The van der Waals surface area contributed by atoms with E-state index >= 15 is 0 Å². The minimum Gasteiger partial charge on any atom is -0.497 e. The first kappa shape index (κ1) is 18.4. The predicted molar refractivity (Wildman–Crippen MR) is 104 cm³/mol. The molecular weight excluding hydrogens is 360 g/mol. The molecule has 2 aliphatic heterocycles. The average Bonchev–Trinajstić information content (AvgIpc) is 2.74. The Bertz CT molecular complexity index is 847. The molecule has 4 rings (SSSR count). The number of fused-ring (bicyclic) bond motifs is 1. The Balaban J connectivity index is 1.40. The van der Waals surface area contributed by atoms with E-state index < -0.39 is 5.79 Å². The zero-order valence-corrected chi connectivity index (χ0v) is 16.1. The van der Waals surface area contributed by atoms with Crippen LogP contribution >= 0.6 is 0 Å². The Morgan fingerprint density at radius 3 is 2.64 bits per heavy atom. The number of ether oxygens (including phenoxy) is 4. The number of piperidine rings is 1. The van der Waals surface area contributed by atoms with Crippen molar-refractivity contribution in [2.45, 2.75) is 25.2 Å². The van der Waals surface area contributed by atoms with Crippen LogP contribution in [0.1, 0.15) is 18.4 Å². The van der Waals surface area contributed by atoms with E-state index in [9.17, 15) is 4.79 Å². The van der Waals surface area contributed by atoms with Gasteiger partial charge in [-0.15, -0.1) is 0 Å². The van der Waals surface area contributed by atoms with Crippen molar-refractivity contribution < 1.29 is 23.7 Å². The van der Waals surface area contributed by atoms with Gasteiger partial charge in [0.2, 0.25) is 5.79 Å². The fourth-order valence-electron chi connectivity index (χ4n) is 3.58. The largest absolute Gasteiger partial charge is 0.497 e. The van der Waals surface area contributed by atoms with Crippen LogP contribution < -0.4 is 19.5 Å². The van der Waals surface area contributed by atoms with Gasteiger partial charge in [0.25, 0.3) is 0 Å². The minimum atomic E-state index is -0.714. The first-order valence-electron chi connectivity index (χ1n) is 9.31. The van der Waals surface area contributed by atoms with Gasteiger partial charge in [0.1, 0.15) is 5.75 Å². The summed E-state index contributed by atoms with van der Waals surface area (Å²) in [7, 11) is 3.23. The quantitative estimate of drug-likeness (QED) is 0.875. The highest BCUT2D eigenvalue weighted by Crippen LogP contribution is 2.42. The molecule has 1 N–H and O–H groups in total. The third-order valence-corrected chi connectivity index (χ3v) is 5.19. The number of para-hydroxylation sites is 1. The molecule has 148 valence electrons. The van der Waals surface area contributed by atoms with Gasteiger partial charge in [-0.1, -0.05) is 18.2 Å². The van der Waals surface area contributed by atoms with Gasteiger partial charge in [0, 0.05) is 43.2 Å². The molecule has 7 nitrogen and oxygen atoms in total. The SMILES string of the molecule is COc1cccc(NC(=O)N2CCC3(CC2)OCc2cccc(OC)c2O3)c1. The third-order valence-electron chi connectivity index (χ3n) is 5.19. The maximum absolute atomic E-state index is 12.6. The zero-order valence-electron chi connectivity index (χ0n) is 16.1. The summed E-state index contributed by atoms with van der Waals surface area (Å²) < 4.78 is 22.9. The summed E-state index contributed by atoms with van der Waals surface area (Å²) in [5.41, 5.74) is 1.68. The highest BCUT2D eigenvalue weighted by atomic mass is 16.7. The Morgan fingerprint density at radius 1 is 1.11 bits per heavy atom. The molecule has 0 aromatic heterocycles. The number of anilines is 1. The van der Waals surface area contributed by atoms with Crippen molar-refractivity contribution in [3.05, 3.63) is 48.0 Å². The Labute approximate surface area is 164 Å². The fraction of sp³-hybridized carbons (Fsp3) is 0.381. The standard InChI is InChI=1S/C21H24N2O5/c1-25-17-7-4-6-16(13-17)22-20(24)23-11-9-21(10-12-23)27-14-15-5-3-8-18(26-2)19(15)28-21/h3-8,13H,9-12,14H2,1-2H3,(H,22,24). The van der Waals surface area contributed by atoms with Gasteiger partial charge in [-0.3, -0.25) is 0 Å². The van der Waals surface area contributed by atoms with Crippen LogP contribution in [-0.2, 0) is 11.3 Å². The molecule has 0 aliphatic carbocycles. The normalized spacial score (nSPS) is 17.4. The minimum absolute atomic E-state index is 0.142. The molecule has 1 saturated heterocycles. The van der Waals surface area contributed by atoms with Crippen molar-refractivity contribution in [1.82, 2.24) is 4.90 Å². The predicted octanol–water partition coefficient (Wildman–Crippen LogP) is 3.64. The van der Waals surface area contributed by atoms with Crippen molar-refractivity contribution in [2.75, 3.05) is 32.6 Å². The number of rotatable bonds is 3. The van der Waals surface area contributed by atoms with Crippen LogP contribution in [0.3, 0.4) is 0 Å². The lowest BCUT2D eigenvalue weighted by atomic mass is 10.0. The Hall–Kier alpha value is -2.93. The van der Waals surface area contributed by atoms with Crippen molar-refractivity contribution in [3.8, 4) is 17.2 Å². The summed E-state index contributed by atoms with van der Waals surface area (Å²) in [6, 6.07) is 12.9. The van der Waals surface area contributed by atoms with E-state index in [0.29, 0.717) is 49.7 Å². The van der Waals surface area contributed by atoms with Gasteiger partial charge in [-0.05, 0) is 18.2 Å². The molecule has 0 bridgehead atoms. The Morgan fingerprint density at radius 2 is 1.89 bits per heavy atom. The molecule has 0 unspecified atom stereocenters. The molecular formula is C21H24N2O5. The smallest absolute Gasteiger partial charge is 0.321 e. The molecule has 1 fully saturated rings. The molecule has 2 amide bonds. The van der Waals surface area contributed by atoms with Gasteiger partial charge in [-0.2, -0.15) is 0 Å². The Kier molecular flexibility index (Phi) is 5.00. The number of carbonyl (C=O) groups excluding carboxylic acids is 1. The fourth-order valence-corrected chi connectivity index (χ4v) is 3.58. The summed E-state index contributed by atoms with van der Waals surface area (Å²) in [6.07, 6.45) is 1.19. The highest BCUT2D eigenvalue weighted by Gasteiger charge is 2.42. The van der Waals surface area contributed by atoms with Crippen molar-refractivity contribution in [2.24, 2.45) is 0 Å². The van der Waals surface area contributed by atoms with E-state index in [4.69, 9.17) is 18.9 Å². The maximum atomic E-state index is 12.6. The number of hydrogen-bond acceptors (Lipinski definition) is 5. The zero-order chi connectivity index (χ0) is 19.6. The van der Waals surface area contributed by atoms with E-state index in [-0.39, 0.29) is 6.03 Å². The lowest BCUT2D eigenvalue weighted by molar-refractivity contribution is -0.225. The van der Waals surface area contributed by atoms with Crippen LogP contribution in [0.15, 0.2) is 42.5 Å².